The van der Waals surface area contributed by atoms with Crippen molar-refractivity contribution < 1.29 is 14.3 Å². The Morgan fingerprint density at radius 3 is 2.76 bits per heavy atom. The molecule has 0 saturated carbocycles. The molecule has 0 fully saturated rings. The van der Waals surface area contributed by atoms with Gasteiger partial charge in [-0.2, -0.15) is 0 Å². The van der Waals surface area contributed by atoms with Gasteiger partial charge >= 0.3 is 6.09 Å². The van der Waals surface area contributed by atoms with E-state index in [2.05, 4.69) is 13.0 Å². The molecule has 21 heavy (non-hydrogen) atoms. The Hall–Kier alpha value is -1.71. The van der Waals surface area contributed by atoms with Crippen LogP contribution < -0.4 is 4.74 Å². The summed E-state index contributed by atoms with van der Waals surface area (Å²) in [7, 11) is 0. The van der Waals surface area contributed by atoms with Crippen LogP contribution in [0.3, 0.4) is 0 Å². The van der Waals surface area contributed by atoms with Gasteiger partial charge in [0.25, 0.3) is 0 Å². The second-order valence-corrected chi connectivity index (χ2v) is 6.39. The number of ether oxygens (including phenoxy) is 2. The maximum atomic E-state index is 12.2. The molecule has 0 aliphatic carbocycles. The molecule has 1 aromatic rings. The van der Waals surface area contributed by atoms with Crippen LogP contribution in [0, 0.1) is 0 Å². The standard InChI is InChI=1S/C17H25NO3/c1-5-11-20-15-8-6-7-13-12-18(10-9-14(13)15)16(19)21-17(2,3)4/h6-8H,5,9-12H2,1-4H3. The SMILES string of the molecule is CCCOc1cccc2c1CCN(C(=O)OC(C)(C)C)C2. The second-order valence-electron chi connectivity index (χ2n) is 6.39. The molecule has 4 heteroatoms. The van der Waals surface area contributed by atoms with Gasteiger partial charge in [-0.05, 0) is 45.2 Å². The summed E-state index contributed by atoms with van der Waals surface area (Å²) in [5.74, 6) is 0.957. The van der Waals surface area contributed by atoms with Gasteiger partial charge in [0.05, 0.1) is 6.61 Å². The van der Waals surface area contributed by atoms with Gasteiger partial charge in [0, 0.05) is 18.7 Å². The van der Waals surface area contributed by atoms with Crippen LogP contribution in [0.5, 0.6) is 5.75 Å². The van der Waals surface area contributed by atoms with Gasteiger partial charge in [-0.3, -0.25) is 0 Å². The van der Waals surface area contributed by atoms with Crippen molar-refractivity contribution in [1.82, 2.24) is 4.90 Å². The summed E-state index contributed by atoms with van der Waals surface area (Å²) in [6.45, 7) is 9.76. The quantitative estimate of drug-likeness (QED) is 0.851. The molecule has 0 atom stereocenters. The van der Waals surface area contributed by atoms with E-state index < -0.39 is 5.60 Å². The number of amides is 1. The predicted molar refractivity (Wildman–Crippen MR) is 82.6 cm³/mol. The van der Waals surface area contributed by atoms with E-state index in [1.54, 1.807) is 4.90 Å². The van der Waals surface area contributed by atoms with Crippen LogP contribution in [0.2, 0.25) is 0 Å². The molecule has 1 aliphatic rings. The number of benzene rings is 1. The summed E-state index contributed by atoms with van der Waals surface area (Å²) in [4.78, 5) is 13.9. The highest BCUT2D eigenvalue weighted by Crippen LogP contribution is 2.28. The molecule has 0 spiro atoms. The maximum absolute atomic E-state index is 12.2. The molecule has 1 aromatic carbocycles. The maximum Gasteiger partial charge on any atom is 0.410 e. The highest BCUT2D eigenvalue weighted by atomic mass is 16.6. The summed E-state index contributed by atoms with van der Waals surface area (Å²) in [5, 5.41) is 0. The molecular formula is C17H25NO3. The molecule has 0 bridgehead atoms. The molecule has 1 heterocycles. The Bertz CT molecular complexity index is 505. The van der Waals surface area contributed by atoms with E-state index >= 15 is 0 Å². The molecule has 0 aromatic heterocycles. The fourth-order valence-corrected chi connectivity index (χ4v) is 2.40. The molecule has 0 radical (unpaired) electrons. The number of hydrogen-bond donors (Lipinski definition) is 0. The van der Waals surface area contributed by atoms with Crippen molar-refractivity contribution in [2.45, 2.75) is 52.7 Å². The Labute approximate surface area is 127 Å². The zero-order chi connectivity index (χ0) is 15.5. The number of hydrogen-bond acceptors (Lipinski definition) is 3. The first-order valence-corrected chi connectivity index (χ1v) is 7.62. The van der Waals surface area contributed by atoms with Crippen LogP contribution >= 0.6 is 0 Å². The summed E-state index contributed by atoms with van der Waals surface area (Å²) in [6.07, 6.45) is 1.57. The number of carbonyl (C=O) groups excluding carboxylic acids is 1. The number of nitrogens with zero attached hydrogens (tertiary/aromatic N) is 1. The van der Waals surface area contributed by atoms with Crippen LogP contribution in [-0.2, 0) is 17.7 Å². The van der Waals surface area contributed by atoms with Gasteiger partial charge in [-0.1, -0.05) is 19.1 Å². The third kappa shape index (κ3) is 4.13. The lowest BCUT2D eigenvalue weighted by molar-refractivity contribution is 0.0223. The van der Waals surface area contributed by atoms with Crippen molar-refractivity contribution in [2.75, 3.05) is 13.2 Å². The minimum Gasteiger partial charge on any atom is -0.493 e. The van der Waals surface area contributed by atoms with Gasteiger partial charge in [0.1, 0.15) is 11.4 Å². The Morgan fingerprint density at radius 2 is 2.10 bits per heavy atom. The molecular weight excluding hydrogens is 266 g/mol. The summed E-state index contributed by atoms with van der Waals surface area (Å²) in [5.41, 5.74) is 1.93. The number of carbonyl (C=O) groups is 1. The van der Waals surface area contributed by atoms with Crippen molar-refractivity contribution in [3.63, 3.8) is 0 Å². The third-order valence-electron chi connectivity index (χ3n) is 3.34. The van der Waals surface area contributed by atoms with Crippen molar-refractivity contribution >= 4 is 6.09 Å². The zero-order valence-corrected chi connectivity index (χ0v) is 13.4. The fourth-order valence-electron chi connectivity index (χ4n) is 2.40. The van der Waals surface area contributed by atoms with E-state index in [0.29, 0.717) is 13.1 Å². The van der Waals surface area contributed by atoms with E-state index in [0.717, 1.165) is 30.8 Å². The van der Waals surface area contributed by atoms with Gasteiger partial charge < -0.3 is 14.4 Å². The van der Waals surface area contributed by atoms with E-state index in [1.807, 2.05) is 32.9 Å². The van der Waals surface area contributed by atoms with Gasteiger partial charge in [-0.15, -0.1) is 0 Å². The minimum absolute atomic E-state index is 0.243. The molecule has 116 valence electrons. The Morgan fingerprint density at radius 1 is 1.33 bits per heavy atom. The summed E-state index contributed by atoms with van der Waals surface area (Å²) < 4.78 is 11.2. The third-order valence-corrected chi connectivity index (χ3v) is 3.34. The van der Waals surface area contributed by atoms with Gasteiger partial charge in [0.15, 0.2) is 0 Å². The highest BCUT2D eigenvalue weighted by molar-refractivity contribution is 5.69. The highest BCUT2D eigenvalue weighted by Gasteiger charge is 2.26. The van der Waals surface area contributed by atoms with Crippen molar-refractivity contribution in [3.8, 4) is 5.75 Å². The largest absolute Gasteiger partial charge is 0.493 e. The normalized spacial score (nSPS) is 14.6. The van der Waals surface area contributed by atoms with E-state index in [-0.39, 0.29) is 6.09 Å². The lowest BCUT2D eigenvalue weighted by Crippen LogP contribution is -2.40. The van der Waals surface area contributed by atoms with Crippen molar-refractivity contribution in [1.29, 1.82) is 0 Å². The lowest BCUT2D eigenvalue weighted by Gasteiger charge is -2.31. The zero-order valence-electron chi connectivity index (χ0n) is 13.4. The fraction of sp³-hybridized carbons (Fsp3) is 0.588. The van der Waals surface area contributed by atoms with Crippen LogP contribution in [0.4, 0.5) is 4.79 Å². The molecule has 4 nitrogen and oxygen atoms in total. The van der Waals surface area contributed by atoms with Crippen LogP contribution in [0.15, 0.2) is 18.2 Å². The summed E-state index contributed by atoms with van der Waals surface area (Å²) in [6, 6.07) is 6.06. The van der Waals surface area contributed by atoms with Crippen molar-refractivity contribution in [3.05, 3.63) is 29.3 Å². The smallest absolute Gasteiger partial charge is 0.410 e. The molecule has 1 amide bonds. The van der Waals surface area contributed by atoms with E-state index in [9.17, 15) is 4.79 Å². The average molecular weight is 291 g/mol. The molecule has 0 unspecified atom stereocenters. The topological polar surface area (TPSA) is 38.8 Å². The van der Waals surface area contributed by atoms with E-state index in [4.69, 9.17) is 9.47 Å². The lowest BCUT2D eigenvalue weighted by atomic mass is 9.99. The Kier molecular flexibility index (Phi) is 4.76. The Balaban J connectivity index is 2.09. The van der Waals surface area contributed by atoms with Gasteiger partial charge in [-0.25, -0.2) is 4.79 Å². The van der Waals surface area contributed by atoms with E-state index in [1.165, 1.54) is 5.56 Å². The average Bonchev–Trinajstić information content (AvgIpc) is 2.42. The molecule has 0 N–H and O–H groups in total. The first-order valence-electron chi connectivity index (χ1n) is 7.62. The first kappa shape index (κ1) is 15.7. The molecule has 2 rings (SSSR count). The molecule has 1 aliphatic heterocycles. The molecule has 0 saturated heterocycles. The van der Waals surface area contributed by atoms with Gasteiger partial charge in [0.2, 0.25) is 0 Å². The number of rotatable bonds is 3. The van der Waals surface area contributed by atoms with Crippen molar-refractivity contribution in [2.24, 2.45) is 0 Å². The second kappa shape index (κ2) is 6.37. The summed E-state index contributed by atoms with van der Waals surface area (Å²) >= 11 is 0. The minimum atomic E-state index is -0.455. The monoisotopic (exact) mass is 291 g/mol. The number of fused-ring (bicyclic) bond motifs is 1. The predicted octanol–water partition coefficient (Wildman–Crippen LogP) is 3.77. The van der Waals surface area contributed by atoms with Crippen LogP contribution in [0.25, 0.3) is 0 Å². The van der Waals surface area contributed by atoms with Crippen LogP contribution in [-0.4, -0.2) is 29.7 Å². The first-order chi connectivity index (χ1) is 9.90. The van der Waals surface area contributed by atoms with Crippen LogP contribution in [0.1, 0.15) is 45.2 Å².